The smallest absolute Gasteiger partial charge is 0.140 e. The number of hydrogen-bond acceptors (Lipinski definition) is 4. The Balaban J connectivity index is 1.36. The van der Waals surface area contributed by atoms with Crippen molar-refractivity contribution in [2.45, 2.75) is 25.4 Å². The average molecular weight is 368 g/mol. The molecule has 0 saturated carbocycles. The van der Waals surface area contributed by atoms with Crippen molar-refractivity contribution < 1.29 is 13.5 Å². The number of halogens is 2. The van der Waals surface area contributed by atoms with Crippen LogP contribution in [0, 0.1) is 17.1 Å². The second kappa shape index (κ2) is 7.43. The number of likely N-dealkylation sites (tertiary alicyclic amines) is 1. The topological polar surface area (TPSA) is 64.9 Å². The molecule has 2 unspecified atom stereocenters. The third kappa shape index (κ3) is 3.97. The van der Waals surface area contributed by atoms with E-state index < -0.39 is 12.3 Å². The lowest BCUT2D eigenvalue weighted by Crippen LogP contribution is -2.24. The summed E-state index contributed by atoms with van der Waals surface area (Å²) in [5.41, 5.74) is 2.81. The molecule has 1 aliphatic heterocycles. The van der Waals surface area contributed by atoms with Crippen LogP contribution in [0.4, 0.5) is 8.78 Å². The summed E-state index contributed by atoms with van der Waals surface area (Å²) < 4.78 is 33.3. The molecule has 2 atom stereocenters. The van der Waals surface area contributed by atoms with E-state index in [0.717, 1.165) is 5.56 Å². The van der Waals surface area contributed by atoms with Crippen LogP contribution in [0.3, 0.4) is 0 Å². The molecule has 0 bridgehead atoms. The van der Waals surface area contributed by atoms with Gasteiger partial charge in [-0.1, -0.05) is 12.1 Å². The number of imidazole rings is 1. The van der Waals surface area contributed by atoms with Crippen molar-refractivity contribution in [1.29, 1.82) is 5.26 Å². The van der Waals surface area contributed by atoms with Crippen LogP contribution in [0.15, 0.2) is 42.5 Å². The lowest BCUT2D eigenvalue weighted by atomic mass is 10.1. The van der Waals surface area contributed by atoms with E-state index in [0.29, 0.717) is 35.5 Å². The molecule has 1 fully saturated rings. The predicted molar refractivity (Wildman–Crippen MR) is 96.0 cm³/mol. The molecule has 1 saturated heterocycles. The van der Waals surface area contributed by atoms with Gasteiger partial charge >= 0.3 is 0 Å². The quantitative estimate of drug-likeness (QED) is 0.750. The molecule has 2 heterocycles. The van der Waals surface area contributed by atoms with Gasteiger partial charge in [-0.25, -0.2) is 13.8 Å². The molecule has 1 N–H and O–H groups in total. The van der Waals surface area contributed by atoms with Crippen LogP contribution >= 0.6 is 0 Å². The highest BCUT2D eigenvalue weighted by Gasteiger charge is 2.33. The van der Waals surface area contributed by atoms with Gasteiger partial charge in [-0.05, 0) is 35.9 Å². The molecule has 2 aromatic carbocycles. The monoisotopic (exact) mass is 368 g/mol. The van der Waals surface area contributed by atoms with Gasteiger partial charge in [0.2, 0.25) is 0 Å². The van der Waals surface area contributed by atoms with Gasteiger partial charge < -0.3 is 9.72 Å². The summed E-state index contributed by atoms with van der Waals surface area (Å²) >= 11 is 0. The Labute approximate surface area is 155 Å². The van der Waals surface area contributed by atoms with E-state index in [9.17, 15) is 8.78 Å². The SMILES string of the molecule is N#Cc1cccc(CN2CC(F)C(OCc3nc4ccc(F)cc4[nH]3)C2)c1. The molecule has 3 aromatic rings. The molecule has 1 aliphatic rings. The summed E-state index contributed by atoms with van der Waals surface area (Å²) in [6.45, 7) is 1.46. The number of alkyl halides is 1. The van der Waals surface area contributed by atoms with Crippen LogP contribution in [0.2, 0.25) is 0 Å². The van der Waals surface area contributed by atoms with Gasteiger partial charge in [0.15, 0.2) is 0 Å². The normalized spacial score (nSPS) is 20.2. The summed E-state index contributed by atoms with van der Waals surface area (Å²) in [5.74, 6) is 0.206. The maximum Gasteiger partial charge on any atom is 0.140 e. The molecule has 0 spiro atoms. The van der Waals surface area contributed by atoms with E-state index in [1.165, 1.54) is 12.1 Å². The molecule has 5 nitrogen and oxygen atoms in total. The lowest BCUT2D eigenvalue weighted by molar-refractivity contribution is 0.00863. The Morgan fingerprint density at radius 1 is 1.26 bits per heavy atom. The summed E-state index contributed by atoms with van der Waals surface area (Å²) in [6, 6.07) is 13.7. The van der Waals surface area contributed by atoms with Gasteiger partial charge in [-0.2, -0.15) is 5.26 Å². The van der Waals surface area contributed by atoms with Gasteiger partial charge in [0.1, 0.15) is 30.5 Å². The van der Waals surface area contributed by atoms with E-state index in [4.69, 9.17) is 10.00 Å². The minimum absolute atomic E-state index is 0.138. The number of nitrogens with zero attached hydrogens (tertiary/aromatic N) is 3. The summed E-state index contributed by atoms with van der Waals surface area (Å²) in [4.78, 5) is 9.30. The molecule has 138 valence electrons. The van der Waals surface area contributed by atoms with Crippen molar-refractivity contribution in [2.24, 2.45) is 0 Å². The molecule has 0 radical (unpaired) electrons. The molecule has 1 aromatic heterocycles. The first-order valence-corrected chi connectivity index (χ1v) is 8.72. The minimum atomic E-state index is -1.09. The van der Waals surface area contributed by atoms with Crippen molar-refractivity contribution in [2.75, 3.05) is 13.1 Å². The van der Waals surface area contributed by atoms with Crippen LogP contribution in [-0.4, -0.2) is 40.2 Å². The molecule has 7 heteroatoms. The first-order valence-electron chi connectivity index (χ1n) is 8.72. The molecule has 0 amide bonds. The number of aromatic amines is 1. The number of benzene rings is 2. The molecular formula is C20H18F2N4O. The van der Waals surface area contributed by atoms with Crippen molar-refractivity contribution in [3.63, 3.8) is 0 Å². The van der Waals surface area contributed by atoms with Crippen LogP contribution in [0.25, 0.3) is 11.0 Å². The number of aromatic nitrogens is 2. The first kappa shape index (κ1) is 17.6. The van der Waals surface area contributed by atoms with Crippen molar-refractivity contribution >= 4 is 11.0 Å². The van der Waals surface area contributed by atoms with Gasteiger partial charge in [-0.15, -0.1) is 0 Å². The largest absolute Gasteiger partial charge is 0.366 e. The summed E-state index contributed by atoms with van der Waals surface area (Å²) in [5, 5.41) is 8.98. The Bertz CT molecular complexity index is 997. The lowest BCUT2D eigenvalue weighted by Gasteiger charge is -2.15. The van der Waals surface area contributed by atoms with Crippen LogP contribution < -0.4 is 0 Å². The maximum atomic E-state index is 14.3. The molecular weight excluding hydrogens is 350 g/mol. The van der Waals surface area contributed by atoms with E-state index in [-0.39, 0.29) is 19.0 Å². The predicted octanol–water partition coefficient (Wildman–Crippen LogP) is 3.31. The van der Waals surface area contributed by atoms with Crippen molar-refractivity contribution in [3.05, 3.63) is 65.2 Å². The maximum absolute atomic E-state index is 14.3. The zero-order chi connectivity index (χ0) is 18.8. The minimum Gasteiger partial charge on any atom is -0.366 e. The first-order chi connectivity index (χ1) is 13.1. The molecule has 27 heavy (non-hydrogen) atoms. The van der Waals surface area contributed by atoms with Crippen LogP contribution in [0.5, 0.6) is 0 Å². The number of nitriles is 1. The number of hydrogen-bond donors (Lipinski definition) is 1. The fraction of sp³-hybridized carbons (Fsp3) is 0.300. The zero-order valence-corrected chi connectivity index (χ0v) is 14.5. The van der Waals surface area contributed by atoms with Crippen LogP contribution in [0.1, 0.15) is 17.0 Å². The van der Waals surface area contributed by atoms with Gasteiger partial charge in [0, 0.05) is 19.6 Å². The second-order valence-corrected chi connectivity index (χ2v) is 6.72. The third-order valence-corrected chi connectivity index (χ3v) is 4.66. The highest BCUT2D eigenvalue weighted by Crippen LogP contribution is 2.21. The average Bonchev–Trinajstić information content (AvgIpc) is 3.22. The Morgan fingerprint density at radius 2 is 2.15 bits per heavy atom. The number of H-pyrrole nitrogens is 1. The van der Waals surface area contributed by atoms with E-state index in [1.54, 1.807) is 12.1 Å². The standard InChI is InChI=1S/C20H18F2N4O/c21-15-4-5-17-18(7-15)25-20(24-17)12-27-19-11-26(10-16(19)22)9-14-3-1-2-13(6-14)8-23/h1-7,16,19H,9-12H2,(H,24,25). The number of fused-ring (bicyclic) bond motifs is 1. The van der Waals surface area contributed by atoms with Crippen molar-refractivity contribution in [1.82, 2.24) is 14.9 Å². The molecule has 4 rings (SSSR count). The van der Waals surface area contributed by atoms with E-state index in [2.05, 4.69) is 16.0 Å². The highest BCUT2D eigenvalue weighted by atomic mass is 19.1. The Kier molecular flexibility index (Phi) is 4.84. The van der Waals surface area contributed by atoms with Gasteiger partial charge in [0.25, 0.3) is 0 Å². The Morgan fingerprint density at radius 3 is 3.00 bits per heavy atom. The number of nitrogens with one attached hydrogen (secondary N) is 1. The van der Waals surface area contributed by atoms with E-state index in [1.807, 2.05) is 23.1 Å². The number of rotatable bonds is 5. The second-order valence-electron chi connectivity index (χ2n) is 6.72. The zero-order valence-electron chi connectivity index (χ0n) is 14.5. The van der Waals surface area contributed by atoms with Gasteiger partial charge in [-0.3, -0.25) is 4.90 Å². The van der Waals surface area contributed by atoms with Crippen molar-refractivity contribution in [3.8, 4) is 6.07 Å². The molecule has 0 aliphatic carbocycles. The Hall–Kier alpha value is -2.82. The fourth-order valence-electron chi connectivity index (χ4n) is 3.38. The fourth-order valence-corrected chi connectivity index (χ4v) is 3.38. The highest BCUT2D eigenvalue weighted by molar-refractivity contribution is 5.74. The summed E-state index contributed by atoms with van der Waals surface area (Å²) in [7, 11) is 0. The number of ether oxygens (including phenoxy) is 1. The third-order valence-electron chi connectivity index (χ3n) is 4.66. The van der Waals surface area contributed by atoms with E-state index >= 15 is 0 Å². The van der Waals surface area contributed by atoms with Gasteiger partial charge in [0.05, 0.1) is 22.7 Å². The summed E-state index contributed by atoms with van der Waals surface area (Å²) in [6.07, 6.45) is -1.64. The van der Waals surface area contributed by atoms with Crippen LogP contribution in [-0.2, 0) is 17.9 Å².